The predicted octanol–water partition coefficient (Wildman–Crippen LogP) is 1.34. The first-order valence-corrected chi connectivity index (χ1v) is 9.21. The van der Waals surface area contributed by atoms with Crippen molar-refractivity contribution in [3.05, 3.63) is 29.8 Å². The first-order chi connectivity index (χ1) is 11.4. The van der Waals surface area contributed by atoms with E-state index in [4.69, 9.17) is 14.7 Å². The van der Waals surface area contributed by atoms with Gasteiger partial charge >= 0.3 is 0 Å². The molecule has 24 heavy (non-hydrogen) atoms. The highest BCUT2D eigenvalue weighted by Gasteiger charge is 2.24. The van der Waals surface area contributed by atoms with Gasteiger partial charge in [0.05, 0.1) is 29.2 Å². The van der Waals surface area contributed by atoms with E-state index in [-0.39, 0.29) is 23.2 Å². The number of sulfonamides is 1. The van der Waals surface area contributed by atoms with Crippen molar-refractivity contribution in [1.29, 1.82) is 5.26 Å². The van der Waals surface area contributed by atoms with Crippen LogP contribution in [0.25, 0.3) is 0 Å². The van der Waals surface area contributed by atoms with Crippen LogP contribution in [0.1, 0.15) is 31.7 Å². The summed E-state index contributed by atoms with van der Waals surface area (Å²) in [7, 11) is -4.04. The molecule has 1 aromatic carbocycles. The number of rotatable bonds is 6. The van der Waals surface area contributed by atoms with E-state index in [1.807, 2.05) is 10.8 Å². The lowest BCUT2D eigenvalue weighted by atomic mass is 10.1. The Morgan fingerprint density at radius 2 is 2.29 bits per heavy atom. The maximum Gasteiger partial charge on any atom is 0.264 e. The number of nitrogens with one attached hydrogen (secondary N) is 1. The van der Waals surface area contributed by atoms with Crippen LogP contribution in [0.15, 0.2) is 29.2 Å². The summed E-state index contributed by atoms with van der Waals surface area (Å²) in [6.45, 7) is 2.41. The van der Waals surface area contributed by atoms with Gasteiger partial charge in [0.2, 0.25) is 0 Å². The molecule has 1 saturated heterocycles. The Bertz CT molecular complexity index is 720. The molecule has 0 saturated carbocycles. The van der Waals surface area contributed by atoms with Gasteiger partial charge in [-0.05, 0) is 44.4 Å². The Hall–Kier alpha value is -1.95. The molecule has 2 atom stereocenters. The average molecular weight is 352 g/mol. The van der Waals surface area contributed by atoms with Gasteiger partial charge in [0.15, 0.2) is 0 Å². The van der Waals surface area contributed by atoms with Gasteiger partial charge in [-0.25, -0.2) is 13.1 Å². The molecule has 130 valence electrons. The summed E-state index contributed by atoms with van der Waals surface area (Å²) in [5.41, 5.74) is 0.198. The van der Waals surface area contributed by atoms with E-state index < -0.39 is 22.0 Å². The third kappa shape index (κ3) is 5.03. The molecule has 7 nitrogen and oxygen atoms in total. The molecular weight excluding hydrogens is 332 g/mol. The second kappa shape index (κ2) is 8.24. The fourth-order valence-electron chi connectivity index (χ4n) is 2.27. The number of carbonyl (C=O) groups excluding carboxylic acids is 1. The third-order valence-electron chi connectivity index (χ3n) is 3.68. The Morgan fingerprint density at radius 1 is 1.50 bits per heavy atom. The standard InChI is InChI=1S/C16H20N2O5S/c1-12(23-11-14-6-2-3-8-22-14)16(19)18-24(20,21)15-7-4-5-13(9-15)10-17/h4-5,7,9,12,14H,2-3,6,8,11H2,1H3,(H,18,19). The first-order valence-electron chi connectivity index (χ1n) is 7.72. The van der Waals surface area contributed by atoms with Crippen molar-refractivity contribution in [3.63, 3.8) is 0 Å². The third-order valence-corrected chi connectivity index (χ3v) is 5.03. The molecule has 1 aliphatic heterocycles. The highest BCUT2D eigenvalue weighted by molar-refractivity contribution is 7.90. The first kappa shape index (κ1) is 18.4. The van der Waals surface area contributed by atoms with Crippen LogP contribution in [0.2, 0.25) is 0 Å². The number of hydrogen-bond acceptors (Lipinski definition) is 6. The summed E-state index contributed by atoms with van der Waals surface area (Å²) in [4.78, 5) is 11.9. The van der Waals surface area contributed by atoms with Crippen LogP contribution in [0, 0.1) is 11.3 Å². The summed E-state index contributed by atoms with van der Waals surface area (Å²) < 4.78 is 37.3. The van der Waals surface area contributed by atoms with E-state index in [0.717, 1.165) is 19.3 Å². The number of benzene rings is 1. The quantitative estimate of drug-likeness (QED) is 0.828. The molecule has 0 radical (unpaired) electrons. The largest absolute Gasteiger partial charge is 0.376 e. The summed E-state index contributed by atoms with van der Waals surface area (Å²) in [5.74, 6) is -0.756. The molecule has 1 heterocycles. The zero-order valence-corrected chi connectivity index (χ0v) is 14.2. The van der Waals surface area contributed by atoms with Gasteiger partial charge in [0.1, 0.15) is 6.10 Å². The van der Waals surface area contributed by atoms with Crippen LogP contribution in [0.4, 0.5) is 0 Å². The maximum absolute atomic E-state index is 12.2. The van der Waals surface area contributed by atoms with Crippen LogP contribution in [-0.2, 0) is 24.3 Å². The molecule has 0 aromatic heterocycles. The Kier molecular flexibility index (Phi) is 6.31. The van der Waals surface area contributed by atoms with Crippen molar-refractivity contribution in [2.24, 2.45) is 0 Å². The molecule has 2 unspecified atom stereocenters. The van der Waals surface area contributed by atoms with Crippen LogP contribution < -0.4 is 4.72 Å². The Morgan fingerprint density at radius 3 is 2.96 bits per heavy atom. The highest BCUT2D eigenvalue weighted by Crippen LogP contribution is 2.14. The van der Waals surface area contributed by atoms with Crippen LogP contribution >= 0.6 is 0 Å². The molecule has 2 rings (SSSR count). The van der Waals surface area contributed by atoms with E-state index in [2.05, 4.69) is 0 Å². The molecule has 0 spiro atoms. The number of nitriles is 1. The minimum Gasteiger partial charge on any atom is -0.376 e. The lowest BCUT2D eigenvalue weighted by Crippen LogP contribution is -2.40. The number of amides is 1. The number of hydrogen-bond donors (Lipinski definition) is 1. The monoisotopic (exact) mass is 352 g/mol. The van der Waals surface area contributed by atoms with Gasteiger partial charge in [-0.2, -0.15) is 5.26 Å². The number of nitrogens with zero attached hydrogens (tertiary/aromatic N) is 1. The SMILES string of the molecule is CC(OCC1CCCCO1)C(=O)NS(=O)(=O)c1cccc(C#N)c1. The molecule has 1 amide bonds. The van der Waals surface area contributed by atoms with Crippen LogP contribution in [0.5, 0.6) is 0 Å². The Balaban J connectivity index is 1.92. The van der Waals surface area contributed by atoms with Crippen molar-refractivity contribution in [2.45, 2.75) is 43.3 Å². The van der Waals surface area contributed by atoms with E-state index in [1.54, 1.807) is 0 Å². The van der Waals surface area contributed by atoms with Crippen molar-refractivity contribution in [2.75, 3.05) is 13.2 Å². The zero-order valence-electron chi connectivity index (χ0n) is 13.4. The average Bonchev–Trinajstić information content (AvgIpc) is 2.60. The van der Waals surface area contributed by atoms with E-state index in [0.29, 0.717) is 6.61 Å². The van der Waals surface area contributed by atoms with Crippen LogP contribution in [-0.4, -0.2) is 39.7 Å². The fourth-order valence-corrected chi connectivity index (χ4v) is 3.36. The van der Waals surface area contributed by atoms with Gasteiger partial charge in [-0.1, -0.05) is 6.07 Å². The van der Waals surface area contributed by atoms with Crippen molar-refractivity contribution >= 4 is 15.9 Å². The Labute approximate surface area is 141 Å². The molecule has 0 bridgehead atoms. The molecule has 0 aliphatic carbocycles. The van der Waals surface area contributed by atoms with Gasteiger partial charge in [0.25, 0.3) is 15.9 Å². The van der Waals surface area contributed by atoms with Crippen molar-refractivity contribution in [1.82, 2.24) is 4.72 Å². The van der Waals surface area contributed by atoms with Crippen molar-refractivity contribution < 1.29 is 22.7 Å². The van der Waals surface area contributed by atoms with Gasteiger partial charge in [-0.15, -0.1) is 0 Å². The van der Waals surface area contributed by atoms with E-state index >= 15 is 0 Å². The van der Waals surface area contributed by atoms with E-state index in [9.17, 15) is 13.2 Å². The topological polar surface area (TPSA) is 105 Å². The number of ether oxygens (including phenoxy) is 2. The molecule has 1 aliphatic rings. The second-order valence-electron chi connectivity index (χ2n) is 5.57. The normalized spacial score (nSPS) is 19.2. The second-order valence-corrected chi connectivity index (χ2v) is 7.26. The fraction of sp³-hybridized carbons (Fsp3) is 0.500. The van der Waals surface area contributed by atoms with Crippen molar-refractivity contribution in [3.8, 4) is 6.07 Å². The number of carbonyl (C=O) groups is 1. The maximum atomic E-state index is 12.2. The molecule has 1 aromatic rings. The highest BCUT2D eigenvalue weighted by atomic mass is 32.2. The minimum absolute atomic E-state index is 0.0575. The van der Waals surface area contributed by atoms with Crippen LogP contribution in [0.3, 0.4) is 0 Å². The molecule has 8 heteroatoms. The van der Waals surface area contributed by atoms with E-state index in [1.165, 1.54) is 31.2 Å². The lowest BCUT2D eigenvalue weighted by Gasteiger charge is -2.23. The predicted molar refractivity (Wildman–Crippen MR) is 85.5 cm³/mol. The van der Waals surface area contributed by atoms with Gasteiger partial charge < -0.3 is 9.47 Å². The summed E-state index contributed by atoms with van der Waals surface area (Å²) >= 11 is 0. The molecule has 1 fully saturated rings. The lowest BCUT2D eigenvalue weighted by molar-refractivity contribution is -0.133. The summed E-state index contributed by atoms with van der Waals surface area (Å²) in [6, 6.07) is 7.30. The molecular formula is C16H20N2O5S. The smallest absolute Gasteiger partial charge is 0.264 e. The minimum atomic E-state index is -4.04. The molecule has 1 N–H and O–H groups in total. The summed E-state index contributed by atoms with van der Waals surface area (Å²) in [6.07, 6.45) is 1.96. The summed E-state index contributed by atoms with van der Waals surface area (Å²) in [5, 5.41) is 8.83. The van der Waals surface area contributed by atoms with Gasteiger partial charge in [0, 0.05) is 6.61 Å². The zero-order chi connectivity index (χ0) is 17.6. The van der Waals surface area contributed by atoms with Gasteiger partial charge in [-0.3, -0.25) is 4.79 Å².